The number of hydrogen-bond donors (Lipinski definition) is 1. The summed E-state index contributed by atoms with van der Waals surface area (Å²) in [5.74, 6) is 0. The van der Waals surface area contributed by atoms with Gasteiger partial charge < -0.3 is 5.32 Å². The highest BCUT2D eigenvalue weighted by Gasteiger charge is 1.91. The number of nitrogens with zero attached hydrogens (tertiary/aromatic N) is 2. The maximum absolute atomic E-state index is 3.90. The molecule has 11 heavy (non-hydrogen) atoms. The Morgan fingerprint density at radius 1 is 1.73 bits per heavy atom. The van der Waals surface area contributed by atoms with Gasteiger partial charge in [-0.1, -0.05) is 16.6 Å². The molecule has 0 aliphatic rings. The van der Waals surface area contributed by atoms with E-state index in [4.69, 9.17) is 0 Å². The molecule has 1 rings (SSSR count). The molecule has 1 aromatic rings. The van der Waals surface area contributed by atoms with Gasteiger partial charge in [0.1, 0.15) is 0 Å². The molecule has 0 atom stereocenters. The maximum atomic E-state index is 3.90. The first-order valence-electron chi connectivity index (χ1n) is 3.51. The Morgan fingerprint density at radius 3 is 3.27 bits per heavy atom. The van der Waals surface area contributed by atoms with Crippen molar-refractivity contribution in [3.8, 4) is 0 Å². The van der Waals surface area contributed by atoms with Crippen molar-refractivity contribution in [3.63, 3.8) is 0 Å². The standard InChI is InChI=1S/C7H11N3S/c1-2-3-4-8-5-7-6-11-10-9-7/h2-3,6,8H,4-5H2,1H3/b3-2+. The average molecular weight is 169 g/mol. The summed E-state index contributed by atoms with van der Waals surface area (Å²) in [6, 6.07) is 0. The van der Waals surface area contributed by atoms with Gasteiger partial charge in [0, 0.05) is 18.5 Å². The Bertz CT molecular complexity index is 205. The van der Waals surface area contributed by atoms with E-state index in [9.17, 15) is 0 Å². The molecule has 1 N–H and O–H groups in total. The highest BCUT2D eigenvalue weighted by atomic mass is 32.1. The second-order valence-electron chi connectivity index (χ2n) is 2.10. The van der Waals surface area contributed by atoms with Gasteiger partial charge in [-0.25, -0.2) is 0 Å². The van der Waals surface area contributed by atoms with Gasteiger partial charge in [-0.15, -0.1) is 5.10 Å². The van der Waals surface area contributed by atoms with Crippen molar-refractivity contribution in [3.05, 3.63) is 23.2 Å². The lowest BCUT2D eigenvalue weighted by Crippen LogP contribution is -2.12. The molecule has 0 aromatic carbocycles. The molecule has 0 aliphatic heterocycles. The molecule has 0 radical (unpaired) electrons. The minimum atomic E-state index is 0.806. The summed E-state index contributed by atoms with van der Waals surface area (Å²) >= 11 is 1.38. The normalized spacial score (nSPS) is 11.0. The molecule has 0 bridgehead atoms. The van der Waals surface area contributed by atoms with E-state index in [1.165, 1.54) is 11.5 Å². The van der Waals surface area contributed by atoms with Crippen LogP contribution in [-0.2, 0) is 6.54 Å². The van der Waals surface area contributed by atoms with E-state index in [1.807, 2.05) is 18.4 Å². The molecule has 0 saturated heterocycles. The van der Waals surface area contributed by atoms with Crippen molar-refractivity contribution in [2.45, 2.75) is 13.5 Å². The molecule has 0 fully saturated rings. The molecular weight excluding hydrogens is 158 g/mol. The molecule has 60 valence electrons. The van der Waals surface area contributed by atoms with Gasteiger partial charge in [0.15, 0.2) is 0 Å². The highest BCUT2D eigenvalue weighted by molar-refractivity contribution is 7.03. The second kappa shape index (κ2) is 4.98. The molecule has 1 heterocycles. The fourth-order valence-corrected chi connectivity index (χ4v) is 1.11. The third kappa shape index (κ3) is 3.25. The first kappa shape index (κ1) is 8.36. The average Bonchev–Trinajstić information content (AvgIpc) is 2.50. The molecule has 0 aliphatic carbocycles. The molecule has 0 spiro atoms. The van der Waals surface area contributed by atoms with Crippen molar-refractivity contribution in [1.29, 1.82) is 0 Å². The monoisotopic (exact) mass is 169 g/mol. The van der Waals surface area contributed by atoms with Crippen LogP contribution in [0.1, 0.15) is 12.6 Å². The Balaban J connectivity index is 2.14. The Hall–Kier alpha value is -0.740. The van der Waals surface area contributed by atoms with Gasteiger partial charge in [0.05, 0.1) is 5.69 Å². The fourth-order valence-electron chi connectivity index (χ4n) is 0.662. The molecule has 3 nitrogen and oxygen atoms in total. The van der Waals surface area contributed by atoms with Crippen LogP contribution in [0.5, 0.6) is 0 Å². The third-order valence-corrected chi connectivity index (χ3v) is 1.76. The quantitative estimate of drug-likeness (QED) is 0.543. The summed E-state index contributed by atoms with van der Waals surface area (Å²) < 4.78 is 3.75. The van der Waals surface area contributed by atoms with Crippen molar-refractivity contribution < 1.29 is 0 Å². The largest absolute Gasteiger partial charge is 0.308 e. The van der Waals surface area contributed by atoms with Gasteiger partial charge in [0.2, 0.25) is 0 Å². The topological polar surface area (TPSA) is 37.8 Å². The molecule has 0 unspecified atom stereocenters. The van der Waals surface area contributed by atoms with Crippen molar-refractivity contribution in [2.75, 3.05) is 6.54 Å². The van der Waals surface area contributed by atoms with Gasteiger partial charge in [-0.2, -0.15) is 0 Å². The van der Waals surface area contributed by atoms with Crippen LogP contribution in [0.4, 0.5) is 0 Å². The summed E-state index contributed by atoms with van der Waals surface area (Å²) in [6.07, 6.45) is 4.09. The van der Waals surface area contributed by atoms with E-state index >= 15 is 0 Å². The third-order valence-electron chi connectivity index (χ3n) is 1.21. The summed E-state index contributed by atoms with van der Waals surface area (Å²) in [5.41, 5.74) is 1.01. The lowest BCUT2D eigenvalue weighted by atomic mass is 10.4. The van der Waals surface area contributed by atoms with Crippen LogP contribution in [0.2, 0.25) is 0 Å². The van der Waals surface area contributed by atoms with E-state index in [2.05, 4.69) is 21.0 Å². The van der Waals surface area contributed by atoms with Crippen LogP contribution < -0.4 is 5.32 Å². The van der Waals surface area contributed by atoms with E-state index in [0.717, 1.165) is 18.8 Å². The number of hydrogen-bond acceptors (Lipinski definition) is 4. The fraction of sp³-hybridized carbons (Fsp3) is 0.429. The summed E-state index contributed by atoms with van der Waals surface area (Å²) in [7, 11) is 0. The zero-order valence-electron chi connectivity index (χ0n) is 6.45. The Morgan fingerprint density at radius 2 is 2.64 bits per heavy atom. The maximum Gasteiger partial charge on any atom is 0.0893 e. The second-order valence-corrected chi connectivity index (χ2v) is 2.71. The first-order valence-corrected chi connectivity index (χ1v) is 4.35. The van der Waals surface area contributed by atoms with Crippen LogP contribution in [0, 0.1) is 0 Å². The van der Waals surface area contributed by atoms with Crippen LogP contribution in [-0.4, -0.2) is 16.1 Å². The number of rotatable bonds is 4. The Labute approximate surface area is 70.3 Å². The van der Waals surface area contributed by atoms with E-state index in [0.29, 0.717) is 0 Å². The zero-order valence-corrected chi connectivity index (χ0v) is 7.27. The van der Waals surface area contributed by atoms with E-state index < -0.39 is 0 Å². The smallest absolute Gasteiger partial charge is 0.0893 e. The van der Waals surface area contributed by atoms with Crippen LogP contribution in [0.15, 0.2) is 17.5 Å². The molecule has 0 saturated carbocycles. The van der Waals surface area contributed by atoms with Gasteiger partial charge in [-0.05, 0) is 18.5 Å². The minimum Gasteiger partial charge on any atom is -0.308 e. The van der Waals surface area contributed by atoms with E-state index in [-0.39, 0.29) is 0 Å². The van der Waals surface area contributed by atoms with Crippen molar-refractivity contribution in [1.82, 2.24) is 14.9 Å². The van der Waals surface area contributed by atoms with Crippen molar-refractivity contribution in [2.24, 2.45) is 0 Å². The molecule has 4 heteroatoms. The lowest BCUT2D eigenvalue weighted by molar-refractivity contribution is 0.736. The number of allylic oxidation sites excluding steroid dienone is 1. The van der Waals surface area contributed by atoms with Gasteiger partial charge >= 0.3 is 0 Å². The minimum absolute atomic E-state index is 0.806. The Kier molecular flexibility index (Phi) is 3.79. The lowest BCUT2D eigenvalue weighted by Gasteiger charge is -1.94. The number of nitrogens with one attached hydrogen (secondary N) is 1. The van der Waals surface area contributed by atoms with Gasteiger partial charge in [0.25, 0.3) is 0 Å². The molecular formula is C7H11N3S. The van der Waals surface area contributed by atoms with Gasteiger partial charge in [-0.3, -0.25) is 0 Å². The molecule has 1 aromatic heterocycles. The SMILES string of the molecule is C/C=C/CNCc1csnn1. The highest BCUT2D eigenvalue weighted by Crippen LogP contribution is 1.94. The zero-order chi connectivity index (χ0) is 7.94. The number of aromatic nitrogens is 2. The van der Waals surface area contributed by atoms with Crippen LogP contribution in [0.3, 0.4) is 0 Å². The van der Waals surface area contributed by atoms with E-state index in [1.54, 1.807) is 0 Å². The molecule has 0 amide bonds. The predicted molar refractivity (Wildman–Crippen MR) is 46.4 cm³/mol. The van der Waals surface area contributed by atoms with Crippen molar-refractivity contribution >= 4 is 11.5 Å². The first-order chi connectivity index (χ1) is 5.43. The van der Waals surface area contributed by atoms with Crippen LogP contribution >= 0.6 is 11.5 Å². The predicted octanol–water partition coefficient (Wildman–Crippen LogP) is 1.20. The summed E-state index contributed by atoms with van der Waals surface area (Å²) in [4.78, 5) is 0. The van der Waals surface area contributed by atoms with Crippen LogP contribution in [0.25, 0.3) is 0 Å². The summed E-state index contributed by atoms with van der Waals surface area (Å²) in [5, 5.41) is 9.05. The summed E-state index contributed by atoms with van der Waals surface area (Å²) in [6.45, 7) is 3.71.